The normalized spacial score (nSPS) is 11.8. The fourth-order valence-corrected chi connectivity index (χ4v) is 3.07. The largest absolute Gasteiger partial charge is 0.474 e. The number of carboxylic acid groups (broad SMARTS) is 1. The highest BCUT2D eigenvalue weighted by atomic mass is 35.5. The van der Waals surface area contributed by atoms with Crippen molar-refractivity contribution in [1.82, 2.24) is 24.9 Å². The molecule has 12 nitrogen and oxygen atoms in total. The van der Waals surface area contributed by atoms with E-state index in [-0.39, 0.29) is 34.9 Å². The number of fused-ring (bicyclic) bond motifs is 1. The Morgan fingerprint density at radius 1 is 1.19 bits per heavy atom. The van der Waals surface area contributed by atoms with Gasteiger partial charge in [0.1, 0.15) is 12.3 Å². The summed E-state index contributed by atoms with van der Waals surface area (Å²) in [5.74, 6) is 0.0645. The van der Waals surface area contributed by atoms with Crippen LogP contribution in [0, 0.1) is 0 Å². The van der Waals surface area contributed by atoms with Gasteiger partial charge in [-0.1, -0.05) is 23.2 Å². The number of hydrogen-bond donors (Lipinski definition) is 4. The predicted molar refractivity (Wildman–Crippen MR) is 117 cm³/mol. The number of hydrogen-bond acceptors (Lipinski definition) is 7. The van der Waals surface area contributed by atoms with E-state index in [1.54, 1.807) is 13.0 Å². The number of carbonyl (C=O) groups excluding carboxylic acids is 1. The third kappa shape index (κ3) is 5.66. The molecule has 4 N–H and O–H groups in total. The molecule has 3 amide bonds. The molecule has 0 saturated carbocycles. The van der Waals surface area contributed by atoms with E-state index in [0.717, 1.165) is 0 Å². The van der Waals surface area contributed by atoms with Crippen LogP contribution in [0.5, 0.6) is 5.88 Å². The van der Waals surface area contributed by atoms with E-state index < -0.39 is 18.2 Å². The number of nitrogens with zero attached hydrogens (tertiary/aromatic N) is 4. The second-order valence-corrected chi connectivity index (χ2v) is 7.16. The fraction of sp³-hybridized carbons (Fsp3) is 0.278. The van der Waals surface area contributed by atoms with Gasteiger partial charge in [-0.2, -0.15) is 5.10 Å². The highest BCUT2D eigenvalue weighted by Gasteiger charge is 2.20. The Hall–Kier alpha value is -3.35. The van der Waals surface area contributed by atoms with E-state index >= 15 is 0 Å². The monoisotopic (exact) mass is 483 g/mol. The highest BCUT2D eigenvalue weighted by Crippen LogP contribution is 2.28. The number of nitrogens with one attached hydrogen (secondary N) is 3. The molecule has 32 heavy (non-hydrogen) atoms. The van der Waals surface area contributed by atoms with Crippen LogP contribution in [0.15, 0.2) is 24.5 Å². The lowest BCUT2D eigenvalue weighted by atomic mass is 10.2. The maximum absolute atomic E-state index is 12.7. The average molecular weight is 484 g/mol. The van der Waals surface area contributed by atoms with Crippen molar-refractivity contribution in [3.8, 4) is 5.88 Å². The molecule has 0 fully saturated rings. The molecule has 0 spiro atoms. The molecule has 3 rings (SSSR count). The van der Waals surface area contributed by atoms with Crippen LogP contribution in [0.4, 0.5) is 21.0 Å². The summed E-state index contributed by atoms with van der Waals surface area (Å²) < 4.78 is 12.3. The summed E-state index contributed by atoms with van der Waals surface area (Å²) in [7, 11) is 1.52. The standard InChI is InChI=1S/C18H19Cl2N7O5/c1-9(31-2)15-12(8-22-14-6-13(20)26-27(14)15)25-17(28)24-11-5-10(19)7-23-16(11)32-4-3-21-18(29)30/h5-9,21H,3-4H2,1-2H3,(H,29,30)(H2,24,25,28)/t9-/m0/s1. The van der Waals surface area contributed by atoms with E-state index in [4.69, 9.17) is 37.8 Å². The summed E-state index contributed by atoms with van der Waals surface area (Å²) in [6.45, 7) is 1.81. The molecule has 3 aromatic rings. The molecular formula is C18H19Cl2N7O5. The molecule has 0 saturated heterocycles. The van der Waals surface area contributed by atoms with Crippen molar-refractivity contribution < 1.29 is 24.2 Å². The number of carbonyl (C=O) groups is 2. The molecule has 170 valence electrons. The lowest BCUT2D eigenvalue weighted by Gasteiger charge is -2.17. The van der Waals surface area contributed by atoms with Crippen molar-refractivity contribution >= 4 is 52.3 Å². The van der Waals surface area contributed by atoms with Gasteiger partial charge < -0.3 is 30.5 Å². The molecule has 0 aliphatic rings. The van der Waals surface area contributed by atoms with Gasteiger partial charge in [-0.3, -0.25) is 0 Å². The quantitative estimate of drug-likeness (QED) is 0.355. The van der Waals surface area contributed by atoms with Crippen molar-refractivity contribution in [2.45, 2.75) is 13.0 Å². The van der Waals surface area contributed by atoms with Crippen LogP contribution in [-0.4, -0.2) is 57.1 Å². The minimum absolute atomic E-state index is 0.00657. The molecule has 0 aliphatic carbocycles. The summed E-state index contributed by atoms with van der Waals surface area (Å²) in [5.41, 5.74) is 1.54. The van der Waals surface area contributed by atoms with Crippen LogP contribution in [0.3, 0.4) is 0 Å². The molecule has 0 radical (unpaired) electrons. The summed E-state index contributed by atoms with van der Waals surface area (Å²) in [5, 5.41) is 20.8. The van der Waals surface area contributed by atoms with Gasteiger partial charge in [0.05, 0.1) is 35.2 Å². The van der Waals surface area contributed by atoms with Crippen LogP contribution in [0.2, 0.25) is 10.2 Å². The van der Waals surface area contributed by atoms with E-state index in [9.17, 15) is 9.59 Å². The second kappa shape index (κ2) is 10.3. The molecule has 0 unspecified atom stereocenters. The van der Waals surface area contributed by atoms with Crippen LogP contribution >= 0.6 is 23.2 Å². The Morgan fingerprint density at radius 2 is 1.94 bits per heavy atom. The minimum atomic E-state index is -1.18. The first-order valence-corrected chi connectivity index (χ1v) is 9.94. The number of pyridine rings is 1. The first kappa shape index (κ1) is 23.3. The van der Waals surface area contributed by atoms with Crippen molar-refractivity contribution in [1.29, 1.82) is 0 Å². The zero-order valence-electron chi connectivity index (χ0n) is 16.9. The second-order valence-electron chi connectivity index (χ2n) is 6.34. The number of anilines is 2. The van der Waals surface area contributed by atoms with Crippen molar-refractivity contribution in [2.75, 3.05) is 30.9 Å². The molecular weight excluding hydrogens is 465 g/mol. The van der Waals surface area contributed by atoms with Crippen LogP contribution in [0.1, 0.15) is 18.7 Å². The van der Waals surface area contributed by atoms with Crippen molar-refractivity contribution in [3.05, 3.63) is 40.4 Å². The van der Waals surface area contributed by atoms with Gasteiger partial charge in [0.15, 0.2) is 10.8 Å². The zero-order valence-corrected chi connectivity index (χ0v) is 18.4. The van der Waals surface area contributed by atoms with E-state index in [0.29, 0.717) is 17.0 Å². The van der Waals surface area contributed by atoms with Crippen molar-refractivity contribution in [3.63, 3.8) is 0 Å². The predicted octanol–water partition coefficient (Wildman–Crippen LogP) is 3.43. The Morgan fingerprint density at radius 3 is 2.66 bits per heavy atom. The Kier molecular flexibility index (Phi) is 7.51. The number of amides is 3. The summed E-state index contributed by atoms with van der Waals surface area (Å²) in [6, 6.07) is 2.39. The lowest BCUT2D eigenvalue weighted by molar-refractivity contribution is 0.114. The SMILES string of the molecule is CO[C@@H](C)c1c(NC(=O)Nc2cc(Cl)cnc2OCCNC(=O)O)cnc2cc(Cl)nn12. The number of aromatic nitrogens is 4. The van der Waals surface area contributed by atoms with Gasteiger partial charge in [0, 0.05) is 19.4 Å². The number of methoxy groups -OCH3 is 1. The molecule has 0 aliphatic heterocycles. The van der Waals surface area contributed by atoms with Crippen LogP contribution < -0.4 is 20.7 Å². The van der Waals surface area contributed by atoms with E-state index in [2.05, 4.69) is 31.0 Å². The van der Waals surface area contributed by atoms with Gasteiger partial charge in [-0.05, 0) is 13.0 Å². The Bertz CT molecular complexity index is 1140. The number of urea groups is 1. The maximum atomic E-state index is 12.7. The topological polar surface area (TPSA) is 152 Å². The lowest BCUT2D eigenvalue weighted by Crippen LogP contribution is -2.26. The van der Waals surface area contributed by atoms with Gasteiger partial charge >= 0.3 is 12.1 Å². The molecule has 0 aromatic carbocycles. The first-order valence-electron chi connectivity index (χ1n) is 9.18. The molecule has 1 atom stereocenters. The molecule has 3 heterocycles. The maximum Gasteiger partial charge on any atom is 0.404 e. The van der Waals surface area contributed by atoms with E-state index in [1.807, 2.05) is 0 Å². The third-order valence-corrected chi connectivity index (χ3v) is 4.55. The average Bonchev–Trinajstić information content (AvgIpc) is 3.11. The Balaban J connectivity index is 1.79. The minimum Gasteiger partial charge on any atom is -0.474 e. The smallest absolute Gasteiger partial charge is 0.404 e. The van der Waals surface area contributed by atoms with Gasteiger partial charge in [0.2, 0.25) is 5.88 Å². The van der Waals surface area contributed by atoms with Gasteiger partial charge in [0.25, 0.3) is 0 Å². The summed E-state index contributed by atoms with van der Waals surface area (Å²) >= 11 is 12.0. The fourth-order valence-electron chi connectivity index (χ4n) is 2.74. The highest BCUT2D eigenvalue weighted by molar-refractivity contribution is 6.31. The summed E-state index contributed by atoms with van der Waals surface area (Å²) in [4.78, 5) is 31.5. The van der Waals surface area contributed by atoms with Crippen LogP contribution in [-0.2, 0) is 4.74 Å². The van der Waals surface area contributed by atoms with Gasteiger partial charge in [-0.15, -0.1) is 0 Å². The molecule has 3 aromatic heterocycles. The zero-order chi connectivity index (χ0) is 23.3. The first-order chi connectivity index (χ1) is 15.3. The van der Waals surface area contributed by atoms with Crippen molar-refractivity contribution in [2.24, 2.45) is 0 Å². The number of rotatable bonds is 8. The van der Waals surface area contributed by atoms with E-state index in [1.165, 1.54) is 30.1 Å². The molecule has 14 heteroatoms. The molecule has 0 bridgehead atoms. The van der Waals surface area contributed by atoms with Crippen LogP contribution in [0.25, 0.3) is 5.65 Å². The number of halogens is 2. The summed E-state index contributed by atoms with van der Waals surface area (Å²) in [6.07, 6.45) is 1.17. The number of ether oxygens (including phenoxy) is 2. The Labute approximate surface area is 191 Å². The third-order valence-electron chi connectivity index (χ3n) is 4.16. The van der Waals surface area contributed by atoms with Gasteiger partial charge in [-0.25, -0.2) is 24.1 Å².